The molecule has 0 radical (unpaired) electrons. The fourth-order valence-corrected chi connectivity index (χ4v) is 3.11. The molecule has 1 aromatic carbocycles. The van der Waals surface area contributed by atoms with Gasteiger partial charge >= 0.3 is 6.18 Å². The minimum absolute atomic E-state index is 0.260. The van der Waals surface area contributed by atoms with Gasteiger partial charge in [0.1, 0.15) is 11.5 Å². The lowest BCUT2D eigenvalue weighted by molar-refractivity contribution is -0.143. The third-order valence-electron chi connectivity index (χ3n) is 4.23. The highest BCUT2D eigenvalue weighted by atomic mass is 19.4. The molecule has 1 N–H and O–H groups in total. The minimum atomic E-state index is -4.11. The second kappa shape index (κ2) is 7.40. The van der Waals surface area contributed by atoms with Gasteiger partial charge in [0.05, 0.1) is 13.1 Å². The summed E-state index contributed by atoms with van der Waals surface area (Å²) in [5.41, 5.74) is 1.03. The van der Waals surface area contributed by atoms with E-state index in [1.807, 2.05) is 42.5 Å². The molecule has 0 amide bonds. The molecule has 130 valence electrons. The highest BCUT2D eigenvalue weighted by Crippen LogP contribution is 2.23. The van der Waals surface area contributed by atoms with Crippen LogP contribution < -0.4 is 5.32 Å². The van der Waals surface area contributed by atoms with Crippen LogP contribution in [-0.4, -0.2) is 37.3 Å². The van der Waals surface area contributed by atoms with Crippen LogP contribution in [0.1, 0.15) is 12.2 Å². The summed E-state index contributed by atoms with van der Waals surface area (Å²) < 4.78 is 42.9. The van der Waals surface area contributed by atoms with Gasteiger partial charge in [0.25, 0.3) is 0 Å². The van der Waals surface area contributed by atoms with Gasteiger partial charge < -0.3 is 9.73 Å². The normalized spacial score (nSPS) is 19.0. The van der Waals surface area contributed by atoms with Crippen LogP contribution in [-0.2, 0) is 6.54 Å². The predicted octanol–water partition coefficient (Wildman–Crippen LogP) is 3.92. The van der Waals surface area contributed by atoms with Crippen LogP contribution in [0.15, 0.2) is 46.9 Å². The first kappa shape index (κ1) is 17.0. The van der Waals surface area contributed by atoms with E-state index in [0.717, 1.165) is 23.5 Å². The smallest absolute Gasteiger partial charge is 0.401 e. The van der Waals surface area contributed by atoms with Crippen molar-refractivity contribution in [2.24, 2.45) is 5.92 Å². The standard InChI is InChI=1S/C18H21F3N2O/c19-18(20,21)13-23-9-8-14(12-23)10-22-11-16-6-7-17(24-16)15-4-2-1-3-5-15/h1-7,14,22H,8-13H2. The quantitative estimate of drug-likeness (QED) is 0.865. The summed E-state index contributed by atoms with van der Waals surface area (Å²) in [5, 5.41) is 3.29. The van der Waals surface area contributed by atoms with Crippen LogP contribution in [0.4, 0.5) is 13.2 Å². The van der Waals surface area contributed by atoms with Crippen molar-refractivity contribution in [3.8, 4) is 11.3 Å². The van der Waals surface area contributed by atoms with E-state index in [4.69, 9.17) is 4.42 Å². The molecule has 1 atom stereocenters. The summed E-state index contributed by atoms with van der Waals surface area (Å²) in [7, 11) is 0. The monoisotopic (exact) mass is 338 g/mol. The second-order valence-corrected chi connectivity index (χ2v) is 6.27. The molecule has 1 saturated heterocycles. The lowest BCUT2D eigenvalue weighted by atomic mass is 10.1. The van der Waals surface area contributed by atoms with Crippen molar-refractivity contribution in [3.05, 3.63) is 48.2 Å². The number of hydrogen-bond acceptors (Lipinski definition) is 3. The SMILES string of the molecule is FC(F)(F)CN1CCC(CNCc2ccc(-c3ccccc3)o2)C1. The zero-order chi connectivity index (χ0) is 17.0. The maximum absolute atomic E-state index is 12.4. The number of nitrogens with zero attached hydrogens (tertiary/aromatic N) is 1. The Morgan fingerprint density at radius 3 is 2.67 bits per heavy atom. The third kappa shape index (κ3) is 4.85. The number of likely N-dealkylation sites (tertiary alicyclic amines) is 1. The van der Waals surface area contributed by atoms with Crippen LogP contribution in [0.5, 0.6) is 0 Å². The molecule has 1 fully saturated rings. The van der Waals surface area contributed by atoms with Crippen LogP contribution in [0, 0.1) is 5.92 Å². The lowest BCUT2D eigenvalue weighted by Crippen LogP contribution is -2.33. The molecule has 6 heteroatoms. The van der Waals surface area contributed by atoms with Crippen molar-refractivity contribution in [3.63, 3.8) is 0 Å². The fourth-order valence-electron chi connectivity index (χ4n) is 3.11. The Morgan fingerprint density at radius 1 is 1.12 bits per heavy atom. The van der Waals surface area contributed by atoms with Gasteiger partial charge in [-0.15, -0.1) is 0 Å². The zero-order valence-corrected chi connectivity index (χ0v) is 13.4. The van der Waals surface area contributed by atoms with E-state index in [1.54, 1.807) is 0 Å². The second-order valence-electron chi connectivity index (χ2n) is 6.27. The molecule has 1 unspecified atom stereocenters. The average Bonchev–Trinajstić information content (AvgIpc) is 3.16. The zero-order valence-electron chi connectivity index (χ0n) is 13.4. The van der Waals surface area contributed by atoms with Crippen LogP contribution in [0.3, 0.4) is 0 Å². The molecule has 0 spiro atoms. The maximum atomic E-state index is 12.4. The third-order valence-corrected chi connectivity index (χ3v) is 4.23. The highest BCUT2D eigenvalue weighted by Gasteiger charge is 2.34. The molecular formula is C18H21F3N2O. The molecule has 24 heavy (non-hydrogen) atoms. The first-order valence-electron chi connectivity index (χ1n) is 8.13. The van der Waals surface area contributed by atoms with E-state index in [9.17, 15) is 13.2 Å². The Labute approximate surface area is 139 Å². The summed E-state index contributed by atoms with van der Waals surface area (Å²) in [6.07, 6.45) is -3.30. The Hall–Kier alpha value is -1.79. The number of halogens is 3. The summed E-state index contributed by atoms with van der Waals surface area (Å²) in [6, 6.07) is 13.7. The van der Waals surface area contributed by atoms with Crippen molar-refractivity contribution < 1.29 is 17.6 Å². The number of hydrogen-bond donors (Lipinski definition) is 1. The molecule has 1 aliphatic rings. The fraction of sp³-hybridized carbons (Fsp3) is 0.444. The Balaban J connectivity index is 1.42. The first-order valence-corrected chi connectivity index (χ1v) is 8.13. The van der Waals surface area contributed by atoms with Gasteiger partial charge in [0.15, 0.2) is 0 Å². The van der Waals surface area contributed by atoms with E-state index in [1.165, 1.54) is 4.90 Å². The Bertz CT molecular complexity index is 639. The van der Waals surface area contributed by atoms with E-state index in [-0.39, 0.29) is 5.92 Å². The molecule has 0 aliphatic carbocycles. The Kier molecular flexibility index (Phi) is 5.26. The number of alkyl halides is 3. The van der Waals surface area contributed by atoms with E-state index >= 15 is 0 Å². The van der Waals surface area contributed by atoms with Crippen molar-refractivity contribution in [2.75, 3.05) is 26.2 Å². The molecule has 0 saturated carbocycles. The highest BCUT2D eigenvalue weighted by molar-refractivity contribution is 5.57. The lowest BCUT2D eigenvalue weighted by Gasteiger charge is -2.17. The molecule has 3 rings (SSSR count). The van der Waals surface area contributed by atoms with E-state index < -0.39 is 12.7 Å². The molecule has 2 aromatic rings. The number of nitrogens with one attached hydrogen (secondary N) is 1. The van der Waals surface area contributed by atoms with Gasteiger partial charge in [-0.2, -0.15) is 13.2 Å². The summed E-state index contributed by atoms with van der Waals surface area (Å²) in [4.78, 5) is 1.48. The Morgan fingerprint density at radius 2 is 1.92 bits per heavy atom. The van der Waals surface area contributed by atoms with Crippen molar-refractivity contribution in [1.29, 1.82) is 0 Å². The van der Waals surface area contributed by atoms with Crippen LogP contribution in [0.2, 0.25) is 0 Å². The predicted molar refractivity (Wildman–Crippen MR) is 86.5 cm³/mol. The largest absolute Gasteiger partial charge is 0.460 e. The number of furan rings is 1. The van der Waals surface area contributed by atoms with E-state index in [2.05, 4.69) is 5.32 Å². The minimum Gasteiger partial charge on any atom is -0.460 e. The van der Waals surface area contributed by atoms with Gasteiger partial charge in [0.2, 0.25) is 0 Å². The summed E-state index contributed by atoms with van der Waals surface area (Å²) >= 11 is 0. The summed E-state index contributed by atoms with van der Waals surface area (Å²) in [6.45, 7) is 1.51. The van der Waals surface area contributed by atoms with Crippen molar-refractivity contribution >= 4 is 0 Å². The van der Waals surface area contributed by atoms with Gasteiger partial charge in [-0.25, -0.2) is 0 Å². The van der Waals surface area contributed by atoms with Gasteiger partial charge in [-0.3, -0.25) is 4.90 Å². The maximum Gasteiger partial charge on any atom is 0.401 e. The molecule has 3 nitrogen and oxygen atoms in total. The van der Waals surface area contributed by atoms with Crippen LogP contribution in [0.25, 0.3) is 11.3 Å². The molecule has 0 bridgehead atoms. The average molecular weight is 338 g/mol. The van der Waals surface area contributed by atoms with Crippen molar-refractivity contribution in [2.45, 2.75) is 19.1 Å². The van der Waals surface area contributed by atoms with Crippen molar-refractivity contribution in [1.82, 2.24) is 10.2 Å². The van der Waals surface area contributed by atoms with E-state index in [0.29, 0.717) is 26.2 Å². The molecule has 1 aliphatic heterocycles. The number of rotatable bonds is 6. The molecular weight excluding hydrogens is 317 g/mol. The first-order chi connectivity index (χ1) is 11.5. The van der Waals surface area contributed by atoms with Gasteiger partial charge in [0, 0.05) is 12.1 Å². The van der Waals surface area contributed by atoms with Gasteiger partial charge in [-0.05, 0) is 37.6 Å². The van der Waals surface area contributed by atoms with Gasteiger partial charge in [-0.1, -0.05) is 30.3 Å². The molecule has 2 heterocycles. The van der Waals surface area contributed by atoms with Crippen LogP contribution >= 0.6 is 0 Å². The molecule has 1 aromatic heterocycles. The topological polar surface area (TPSA) is 28.4 Å². The number of benzene rings is 1. The summed E-state index contributed by atoms with van der Waals surface area (Å²) in [5.74, 6) is 1.92.